The van der Waals surface area contributed by atoms with Crippen molar-refractivity contribution in [2.45, 2.75) is 18.8 Å². The zero-order valence-corrected chi connectivity index (χ0v) is 26.0. The number of hydrogen-bond donors (Lipinski definition) is 4. The number of amides is 2. The molecule has 1 heterocycles. The lowest BCUT2D eigenvalue weighted by atomic mass is 9.76. The van der Waals surface area contributed by atoms with Crippen LogP contribution in [0, 0.1) is 15.9 Å². The van der Waals surface area contributed by atoms with E-state index in [1.165, 1.54) is 37.4 Å². The molecule has 11 heteroatoms. The van der Waals surface area contributed by atoms with Gasteiger partial charge in [0, 0.05) is 18.0 Å². The summed E-state index contributed by atoms with van der Waals surface area (Å²) in [5.74, 6) is -1.21. The van der Waals surface area contributed by atoms with Gasteiger partial charge < -0.3 is 25.8 Å². The maximum Gasteiger partial charge on any atom is 0.310 e. The van der Waals surface area contributed by atoms with Crippen LogP contribution in [0.2, 0.25) is 0 Å². The van der Waals surface area contributed by atoms with Crippen molar-refractivity contribution >= 4 is 34.6 Å². The largest absolute Gasteiger partial charge is 0.507 e. The van der Waals surface area contributed by atoms with Crippen LogP contribution in [0.15, 0.2) is 103 Å². The standard InChI is InChI=1S/C37H31FN4O6/c1-37(20-22-6-5-7-26(38)16-22,21-39-35(44)28-8-3-4-9-33(28)43)25-12-14-29-31(19-25)41-36(45)27-13-10-23(17-30(27)40-29)24-11-15-32(42(46)47)34(18-24)48-2/h3-19,40,43H,20-21H2,1-2H3,(H,39,44)(H,41,45). The number of phenols is 1. The highest BCUT2D eigenvalue weighted by molar-refractivity contribution is 6.12. The molecule has 6 rings (SSSR count). The predicted molar refractivity (Wildman–Crippen MR) is 181 cm³/mol. The number of ether oxygens (including phenoxy) is 1. The summed E-state index contributed by atoms with van der Waals surface area (Å²) in [5.41, 5.74) is 4.13. The van der Waals surface area contributed by atoms with Gasteiger partial charge in [0.1, 0.15) is 11.6 Å². The van der Waals surface area contributed by atoms with E-state index in [1.54, 1.807) is 48.5 Å². The van der Waals surface area contributed by atoms with Crippen LogP contribution in [-0.2, 0) is 11.8 Å². The first-order valence-electron chi connectivity index (χ1n) is 15.0. The lowest BCUT2D eigenvalue weighted by Gasteiger charge is -2.32. The van der Waals surface area contributed by atoms with E-state index >= 15 is 0 Å². The van der Waals surface area contributed by atoms with Gasteiger partial charge in [-0.2, -0.15) is 0 Å². The van der Waals surface area contributed by atoms with Crippen LogP contribution in [-0.4, -0.2) is 35.5 Å². The van der Waals surface area contributed by atoms with Gasteiger partial charge in [0.25, 0.3) is 11.8 Å². The molecule has 1 aliphatic heterocycles. The molecule has 1 aliphatic rings. The van der Waals surface area contributed by atoms with Crippen molar-refractivity contribution in [2.24, 2.45) is 0 Å². The topological polar surface area (TPSA) is 143 Å². The average molecular weight is 647 g/mol. The zero-order valence-electron chi connectivity index (χ0n) is 26.0. The molecule has 10 nitrogen and oxygen atoms in total. The minimum Gasteiger partial charge on any atom is -0.507 e. The molecule has 0 fully saturated rings. The lowest BCUT2D eigenvalue weighted by molar-refractivity contribution is -0.385. The average Bonchev–Trinajstić information content (AvgIpc) is 3.21. The van der Waals surface area contributed by atoms with E-state index < -0.39 is 16.2 Å². The Morgan fingerprint density at radius 1 is 0.917 bits per heavy atom. The molecule has 242 valence electrons. The summed E-state index contributed by atoms with van der Waals surface area (Å²) in [6, 6.07) is 27.9. The third-order valence-corrected chi connectivity index (χ3v) is 8.48. The number of nitrogens with one attached hydrogen (secondary N) is 3. The van der Waals surface area contributed by atoms with Gasteiger partial charge in [0.15, 0.2) is 5.75 Å². The van der Waals surface area contributed by atoms with Gasteiger partial charge >= 0.3 is 5.69 Å². The van der Waals surface area contributed by atoms with Gasteiger partial charge in [0.05, 0.1) is 40.2 Å². The second-order valence-corrected chi connectivity index (χ2v) is 11.8. The van der Waals surface area contributed by atoms with Gasteiger partial charge in [-0.05, 0) is 89.3 Å². The quantitative estimate of drug-likeness (QED) is 0.0968. The highest BCUT2D eigenvalue weighted by Gasteiger charge is 2.31. The molecule has 48 heavy (non-hydrogen) atoms. The van der Waals surface area contributed by atoms with E-state index in [9.17, 15) is 29.2 Å². The number of para-hydroxylation sites is 1. The molecular formula is C37H31FN4O6. The van der Waals surface area contributed by atoms with E-state index in [0.717, 1.165) is 5.56 Å². The molecule has 0 saturated carbocycles. The van der Waals surface area contributed by atoms with E-state index in [0.29, 0.717) is 45.7 Å². The first kappa shape index (κ1) is 31.7. The second kappa shape index (κ2) is 12.9. The zero-order chi connectivity index (χ0) is 34.0. The number of fused-ring (bicyclic) bond motifs is 2. The molecule has 0 bridgehead atoms. The smallest absolute Gasteiger partial charge is 0.310 e. The van der Waals surface area contributed by atoms with Crippen molar-refractivity contribution in [1.29, 1.82) is 0 Å². The second-order valence-electron chi connectivity index (χ2n) is 11.8. The van der Waals surface area contributed by atoms with Gasteiger partial charge in [0.2, 0.25) is 0 Å². The predicted octanol–water partition coefficient (Wildman–Crippen LogP) is 7.35. The number of rotatable bonds is 9. The number of phenolic OH excluding ortho intramolecular Hbond substituents is 1. The fourth-order valence-electron chi connectivity index (χ4n) is 5.90. The van der Waals surface area contributed by atoms with Crippen LogP contribution in [0.5, 0.6) is 11.5 Å². The Hall–Kier alpha value is -6.23. The number of halogens is 1. The first-order chi connectivity index (χ1) is 23.0. The molecule has 0 spiro atoms. The van der Waals surface area contributed by atoms with Crippen LogP contribution in [0.1, 0.15) is 38.8 Å². The molecule has 1 atom stereocenters. The van der Waals surface area contributed by atoms with Crippen molar-refractivity contribution in [3.8, 4) is 22.6 Å². The molecule has 0 radical (unpaired) electrons. The number of methoxy groups -OCH3 is 1. The number of aromatic hydroxyl groups is 1. The van der Waals surface area contributed by atoms with Crippen LogP contribution < -0.4 is 20.7 Å². The maximum atomic E-state index is 14.2. The molecule has 0 aliphatic carbocycles. The number of nitrogens with zero attached hydrogens (tertiary/aromatic N) is 1. The van der Waals surface area contributed by atoms with Gasteiger partial charge in [-0.3, -0.25) is 19.7 Å². The summed E-state index contributed by atoms with van der Waals surface area (Å²) in [6.07, 6.45) is 0.355. The Kier molecular flexibility index (Phi) is 8.51. The summed E-state index contributed by atoms with van der Waals surface area (Å²) in [4.78, 5) is 37.4. The highest BCUT2D eigenvalue weighted by Crippen LogP contribution is 2.39. The van der Waals surface area contributed by atoms with Crippen molar-refractivity contribution in [2.75, 3.05) is 24.3 Å². The van der Waals surface area contributed by atoms with Gasteiger partial charge in [-0.1, -0.05) is 43.3 Å². The highest BCUT2D eigenvalue weighted by atomic mass is 19.1. The third-order valence-electron chi connectivity index (χ3n) is 8.48. The number of nitro benzene ring substituents is 1. The summed E-state index contributed by atoms with van der Waals surface area (Å²) in [7, 11) is 1.37. The number of benzene rings is 5. The Bertz CT molecular complexity index is 2080. The molecule has 0 saturated heterocycles. The Morgan fingerprint density at radius 3 is 2.44 bits per heavy atom. The Labute approximate surface area is 275 Å². The summed E-state index contributed by atoms with van der Waals surface area (Å²) in [5, 5.41) is 30.8. The number of hydrogen-bond acceptors (Lipinski definition) is 7. The molecule has 0 aromatic heterocycles. The first-order valence-corrected chi connectivity index (χ1v) is 15.0. The lowest BCUT2D eigenvalue weighted by Crippen LogP contribution is -2.40. The van der Waals surface area contributed by atoms with Crippen molar-refractivity contribution in [3.05, 3.63) is 141 Å². The van der Waals surface area contributed by atoms with Crippen LogP contribution >= 0.6 is 0 Å². The van der Waals surface area contributed by atoms with E-state index in [1.807, 2.05) is 31.2 Å². The minimum atomic E-state index is -0.769. The minimum absolute atomic E-state index is 0.120. The SMILES string of the molecule is COc1cc(-c2ccc3c(c2)Nc2ccc(C(C)(CNC(=O)c4ccccc4O)Cc4cccc(F)c4)cc2NC3=O)ccc1[N+](=O)[O-]. The fourth-order valence-corrected chi connectivity index (χ4v) is 5.90. The van der Waals surface area contributed by atoms with Crippen molar-refractivity contribution in [1.82, 2.24) is 5.32 Å². The molecule has 5 aromatic rings. The van der Waals surface area contributed by atoms with Crippen LogP contribution in [0.3, 0.4) is 0 Å². The van der Waals surface area contributed by atoms with Gasteiger partial charge in [-0.25, -0.2) is 4.39 Å². The number of anilines is 3. The number of carbonyl (C=O) groups excluding carboxylic acids is 2. The van der Waals surface area contributed by atoms with Gasteiger partial charge in [-0.15, -0.1) is 0 Å². The monoisotopic (exact) mass is 646 g/mol. The Morgan fingerprint density at radius 2 is 1.69 bits per heavy atom. The molecule has 4 N–H and O–H groups in total. The van der Waals surface area contributed by atoms with Crippen molar-refractivity contribution in [3.63, 3.8) is 0 Å². The summed E-state index contributed by atoms with van der Waals surface area (Å²) < 4.78 is 19.4. The van der Waals surface area contributed by atoms with E-state index in [2.05, 4.69) is 16.0 Å². The van der Waals surface area contributed by atoms with E-state index in [-0.39, 0.29) is 41.0 Å². The van der Waals surface area contributed by atoms with Crippen LogP contribution in [0.25, 0.3) is 11.1 Å². The molecule has 2 amide bonds. The summed E-state index contributed by atoms with van der Waals surface area (Å²) in [6.45, 7) is 2.08. The van der Waals surface area contributed by atoms with Crippen LogP contribution in [0.4, 0.5) is 27.1 Å². The number of nitro groups is 1. The van der Waals surface area contributed by atoms with Crippen molar-refractivity contribution < 1.29 is 28.7 Å². The number of carbonyl (C=O) groups is 2. The molecular weight excluding hydrogens is 615 g/mol. The maximum absolute atomic E-state index is 14.2. The fraction of sp³-hybridized carbons (Fsp3) is 0.135. The molecule has 1 unspecified atom stereocenters. The normalized spacial score (nSPS) is 13.1. The molecule has 5 aromatic carbocycles. The third kappa shape index (κ3) is 6.38. The Balaban J connectivity index is 1.33. The summed E-state index contributed by atoms with van der Waals surface area (Å²) >= 11 is 0. The van der Waals surface area contributed by atoms with E-state index in [4.69, 9.17) is 4.74 Å².